The van der Waals surface area contributed by atoms with Crippen molar-refractivity contribution in [2.45, 2.75) is 18.9 Å². The van der Waals surface area contributed by atoms with E-state index in [0.717, 1.165) is 18.9 Å². The zero-order chi connectivity index (χ0) is 18.8. The van der Waals surface area contributed by atoms with Gasteiger partial charge >= 0.3 is 5.97 Å². The second-order valence-electron chi connectivity index (χ2n) is 6.26. The maximum absolute atomic E-state index is 14.4. The van der Waals surface area contributed by atoms with Crippen LogP contribution in [0.25, 0.3) is 0 Å². The fourth-order valence-electron chi connectivity index (χ4n) is 2.81. The molecule has 0 aliphatic heterocycles. The van der Waals surface area contributed by atoms with Crippen LogP contribution in [0.5, 0.6) is 0 Å². The molecule has 0 amide bonds. The van der Waals surface area contributed by atoms with Crippen LogP contribution in [0.4, 0.5) is 10.1 Å². The third kappa shape index (κ3) is 3.43. The normalized spacial score (nSPS) is 14.6. The van der Waals surface area contributed by atoms with Crippen molar-refractivity contribution in [3.8, 4) is 0 Å². The summed E-state index contributed by atoms with van der Waals surface area (Å²) in [6, 6.07) is 5.54. The molecule has 1 saturated carbocycles. The van der Waals surface area contributed by atoms with Crippen LogP contribution in [0.2, 0.25) is 0 Å². The Bertz CT molecular complexity index is 865. The van der Waals surface area contributed by atoms with Gasteiger partial charge in [-0.25, -0.2) is 9.18 Å². The quantitative estimate of drug-likeness (QED) is 0.546. The van der Waals surface area contributed by atoms with Gasteiger partial charge in [0.2, 0.25) is 0 Å². The Balaban J connectivity index is 1.93. The molecular weight excluding hydrogens is 337 g/mol. The van der Waals surface area contributed by atoms with Crippen molar-refractivity contribution < 1.29 is 19.0 Å². The van der Waals surface area contributed by atoms with Crippen molar-refractivity contribution in [1.29, 1.82) is 5.41 Å². The molecule has 1 fully saturated rings. The molecule has 6 nitrogen and oxygen atoms in total. The molecule has 0 spiro atoms. The first-order chi connectivity index (χ1) is 12.5. The highest BCUT2D eigenvalue weighted by atomic mass is 19.1. The first-order valence-corrected chi connectivity index (χ1v) is 8.29. The number of aromatic nitrogens is 1. The summed E-state index contributed by atoms with van der Waals surface area (Å²) in [6.45, 7) is 0. The van der Waals surface area contributed by atoms with Crippen LogP contribution >= 0.6 is 0 Å². The van der Waals surface area contributed by atoms with Crippen LogP contribution in [-0.4, -0.2) is 35.9 Å². The summed E-state index contributed by atoms with van der Waals surface area (Å²) in [4.78, 5) is 15.8. The number of hydrogen-bond acceptors (Lipinski definition) is 6. The molecule has 26 heavy (non-hydrogen) atoms. The lowest BCUT2D eigenvalue weighted by Crippen LogP contribution is -2.13. The van der Waals surface area contributed by atoms with Gasteiger partial charge in [-0.15, -0.1) is 0 Å². The highest BCUT2D eigenvalue weighted by Gasteiger charge is 2.31. The smallest absolute Gasteiger partial charge is 0.337 e. The summed E-state index contributed by atoms with van der Waals surface area (Å²) in [7, 11) is 2.90. The highest BCUT2D eigenvalue weighted by Crippen LogP contribution is 2.41. The maximum Gasteiger partial charge on any atom is 0.337 e. The van der Waals surface area contributed by atoms with E-state index in [1.54, 1.807) is 13.1 Å². The van der Waals surface area contributed by atoms with Crippen LogP contribution < -0.4 is 5.32 Å². The minimum absolute atomic E-state index is 0.0251. The van der Waals surface area contributed by atoms with E-state index in [0.29, 0.717) is 11.3 Å². The number of anilines is 1. The summed E-state index contributed by atoms with van der Waals surface area (Å²) >= 11 is 0. The van der Waals surface area contributed by atoms with Crippen LogP contribution in [0.1, 0.15) is 46.1 Å². The Labute approximate surface area is 150 Å². The Morgan fingerprint density at radius 3 is 2.73 bits per heavy atom. The van der Waals surface area contributed by atoms with Crippen LogP contribution in [0.3, 0.4) is 0 Å². The number of benzene rings is 1. The third-order valence-electron chi connectivity index (χ3n) is 4.48. The summed E-state index contributed by atoms with van der Waals surface area (Å²) < 4.78 is 19.0. The van der Waals surface area contributed by atoms with Crippen molar-refractivity contribution in [2.75, 3.05) is 19.5 Å². The molecule has 136 valence electrons. The Morgan fingerprint density at radius 2 is 2.15 bits per heavy atom. The highest BCUT2D eigenvalue weighted by molar-refractivity contribution is 6.13. The van der Waals surface area contributed by atoms with Crippen molar-refractivity contribution >= 4 is 17.4 Å². The number of aliphatic hydroxyl groups excluding tert-OH is 1. The number of methoxy groups -OCH3 is 1. The molecule has 7 heteroatoms. The van der Waals surface area contributed by atoms with Crippen molar-refractivity contribution in [2.24, 2.45) is 5.92 Å². The van der Waals surface area contributed by atoms with Gasteiger partial charge in [-0.1, -0.05) is 0 Å². The molecule has 0 radical (unpaired) electrons. The Kier molecular flexibility index (Phi) is 4.99. The average molecular weight is 357 g/mol. The number of carbonyl (C=O) groups is 1. The van der Waals surface area contributed by atoms with Gasteiger partial charge in [0.25, 0.3) is 0 Å². The molecule has 1 heterocycles. The number of pyridine rings is 1. The molecule has 1 aliphatic carbocycles. The van der Waals surface area contributed by atoms with E-state index in [1.165, 1.54) is 25.4 Å². The zero-order valence-electron chi connectivity index (χ0n) is 14.5. The number of carbonyl (C=O) groups excluding carboxylic acids is 1. The molecule has 1 aromatic carbocycles. The number of aliphatic hydroxyl groups is 1. The van der Waals surface area contributed by atoms with Gasteiger partial charge < -0.3 is 15.2 Å². The van der Waals surface area contributed by atoms with Gasteiger partial charge in [0, 0.05) is 24.4 Å². The molecule has 3 rings (SSSR count). The fraction of sp³-hybridized carbons (Fsp3) is 0.316. The lowest BCUT2D eigenvalue weighted by atomic mass is 10.0. The second kappa shape index (κ2) is 7.21. The minimum Gasteiger partial charge on any atom is -0.465 e. The van der Waals surface area contributed by atoms with E-state index in [1.807, 2.05) is 0 Å². The van der Waals surface area contributed by atoms with E-state index in [-0.39, 0.29) is 28.5 Å². The molecule has 1 atom stereocenters. The number of nitrogens with one attached hydrogen (secondary N) is 2. The Morgan fingerprint density at radius 1 is 1.42 bits per heavy atom. The minimum atomic E-state index is -0.705. The number of hydrogen-bond donors (Lipinski definition) is 3. The van der Waals surface area contributed by atoms with E-state index < -0.39 is 17.9 Å². The van der Waals surface area contributed by atoms with Gasteiger partial charge in [-0.2, -0.15) is 0 Å². The van der Waals surface area contributed by atoms with Gasteiger partial charge in [0.1, 0.15) is 11.5 Å². The van der Waals surface area contributed by atoms with Crippen LogP contribution in [0, 0.1) is 17.1 Å². The SMILES string of the molecule is CNc1cc(C(O)C2CC2)cnc1C(=N)c1ccc(C(=O)OC)cc1F. The lowest BCUT2D eigenvalue weighted by molar-refractivity contribution is 0.0600. The number of nitrogens with zero attached hydrogens (tertiary/aromatic N) is 1. The van der Waals surface area contributed by atoms with E-state index in [2.05, 4.69) is 15.0 Å². The molecule has 1 aliphatic rings. The number of halogens is 1. The molecule has 0 saturated heterocycles. The second-order valence-corrected chi connectivity index (χ2v) is 6.26. The number of esters is 1. The van der Waals surface area contributed by atoms with Gasteiger partial charge in [-0.05, 0) is 43.0 Å². The average Bonchev–Trinajstić information content (AvgIpc) is 3.50. The topological polar surface area (TPSA) is 95.3 Å². The van der Waals surface area contributed by atoms with E-state index >= 15 is 0 Å². The fourth-order valence-corrected chi connectivity index (χ4v) is 2.81. The van der Waals surface area contributed by atoms with Gasteiger partial charge in [-0.3, -0.25) is 10.4 Å². The predicted molar refractivity (Wildman–Crippen MR) is 95.1 cm³/mol. The van der Waals surface area contributed by atoms with Crippen molar-refractivity contribution in [3.63, 3.8) is 0 Å². The van der Waals surface area contributed by atoms with Gasteiger partial charge in [0.05, 0.1) is 30.2 Å². The number of rotatable bonds is 6. The standard InChI is InChI=1S/C19H20FN3O3/c1-22-15-8-12(18(24)10-3-4-10)9-23-17(15)16(21)13-6-5-11(7-14(13)20)19(25)26-2/h5-10,18,21-22,24H,3-4H2,1-2H3. The predicted octanol–water partition coefficient (Wildman–Crippen LogP) is 2.91. The van der Waals surface area contributed by atoms with E-state index in [4.69, 9.17) is 5.41 Å². The molecule has 1 aromatic heterocycles. The summed E-state index contributed by atoms with van der Waals surface area (Å²) in [6.07, 6.45) is 2.93. The number of ether oxygens (including phenoxy) is 1. The summed E-state index contributed by atoms with van der Waals surface area (Å²) in [5, 5.41) is 21.5. The first kappa shape index (κ1) is 18.0. The molecular formula is C19H20FN3O3. The van der Waals surface area contributed by atoms with Crippen LogP contribution in [0.15, 0.2) is 30.5 Å². The van der Waals surface area contributed by atoms with E-state index in [9.17, 15) is 14.3 Å². The monoisotopic (exact) mass is 357 g/mol. The van der Waals surface area contributed by atoms with Crippen molar-refractivity contribution in [1.82, 2.24) is 4.98 Å². The Hall–Kier alpha value is -2.80. The van der Waals surface area contributed by atoms with Crippen molar-refractivity contribution in [3.05, 3.63) is 58.7 Å². The molecule has 2 aromatic rings. The molecule has 1 unspecified atom stereocenters. The molecule has 3 N–H and O–H groups in total. The molecule has 0 bridgehead atoms. The summed E-state index contributed by atoms with van der Waals surface area (Å²) in [5.41, 5.74) is 1.46. The largest absolute Gasteiger partial charge is 0.465 e. The zero-order valence-corrected chi connectivity index (χ0v) is 14.5. The van der Waals surface area contributed by atoms with Crippen LogP contribution in [-0.2, 0) is 4.74 Å². The third-order valence-corrected chi connectivity index (χ3v) is 4.48. The maximum atomic E-state index is 14.4. The van der Waals surface area contributed by atoms with Gasteiger partial charge in [0.15, 0.2) is 0 Å². The summed E-state index contributed by atoms with van der Waals surface area (Å²) in [5.74, 6) is -1.09. The first-order valence-electron chi connectivity index (χ1n) is 8.29. The lowest BCUT2D eigenvalue weighted by Gasteiger charge is -2.15.